The van der Waals surface area contributed by atoms with Crippen molar-refractivity contribution >= 4 is 11.7 Å². The fourth-order valence-corrected chi connectivity index (χ4v) is 4.68. The van der Waals surface area contributed by atoms with Crippen LogP contribution in [0.5, 0.6) is 0 Å². The Morgan fingerprint density at radius 2 is 2.11 bits per heavy atom. The van der Waals surface area contributed by atoms with Crippen LogP contribution in [0.2, 0.25) is 0 Å². The van der Waals surface area contributed by atoms with E-state index in [0.717, 1.165) is 47.7 Å². The second-order valence-electron chi connectivity index (χ2n) is 7.88. The molecule has 0 radical (unpaired) electrons. The number of urea groups is 1. The predicted octanol–water partition coefficient (Wildman–Crippen LogP) is 4.94. The molecule has 2 saturated carbocycles. The summed E-state index contributed by atoms with van der Waals surface area (Å²) in [6, 6.07) is 11.4. The molecule has 0 spiro atoms. The lowest BCUT2D eigenvalue weighted by Crippen LogP contribution is -2.31. The van der Waals surface area contributed by atoms with Crippen molar-refractivity contribution in [3.63, 3.8) is 0 Å². The van der Waals surface area contributed by atoms with Crippen LogP contribution in [0.15, 0.2) is 47.1 Å². The zero-order valence-corrected chi connectivity index (χ0v) is 15.7. The van der Waals surface area contributed by atoms with Gasteiger partial charge in [-0.3, -0.25) is 0 Å². The van der Waals surface area contributed by atoms with E-state index in [1.54, 1.807) is 6.26 Å². The smallest absolute Gasteiger partial charge is 0.319 e. The van der Waals surface area contributed by atoms with Crippen LogP contribution in [0.3, 0.4) is 0 Å². The Balaban J connectivity index is 1.17. The molecule has 27 heavy (non-hydrogen) atoms. The first-order valence-electron chi connectivity index (χ1n) is 10.00. The van der Waals surface area contributed by atoms with Gasteiger partial charge in [-0.1, -0.05) is 18.6 Å². The third-order valence-corrected chi connectivity index (χ3v) is 5.96. The Morgan fingerprint density at radius 1 is 1.15 bits per heavy atom. The molecule has 2 aromatic rings. The van der Waals surface area contributed by atoms with Crippen molar-refractivity contribution in [3.05, 3.63) is 54.0 Å². The highest BCUT2D eigenvalue weighted by atomic mass is 16.5. The largest absolute Gasteiger partial charge is 0.467 e. The maximum Gasteiger partial charge on any atom is 0.319 e. The van der Waals surface area contributed by atoms with Gasteiger partial charge in [0, 0.05) is 12.2 Å². The zero-order valence-electron chi connectivity index (χ0n) is 15.7. The molecule has 1 aromatic heterocycles. The number of fused-ring (bicyclic) bond motifs is 2. The summed E-state index contributed by atoms with van der Waals surface area (Å²) in [5, 5.41) is 5.93. The van der Waals surface area contributed by atoms with E-state index in [0.29, 0.717) is 13.2 Å². The van der Waals surface area contributed by atoms with Crippen LogP contribution in [0.4, 0.5) is 10.5 Å². The summed E-state index contributed by atoms with van der Waals surface area (Å²) >= 11 is 0. The number of carbonyl (C=O) groups excluding carboxylic acids is 1. The van der Waals surface area contributed by atoms with Gasteiger partial charge in [0.2, 0.25) is 0 Å². The van der Waals surface area contributed by atoms with Crippen molar-refractivity contribution in [1.82, 2.24) is 5.32 Å². The minimum Gasteiger partial charge on any atom is -0.467 e. The molecule has 2 aliphatic carbocycles. The number of rotatable bonds is 8. The predicted molar refractivity (Wildman–Crippen MR) is 104 cm³/mol. The number of nitrogens with one attached hydrogen (secondary N) is 2. The van der Waals surface area contributed by atoms with E-state index in [9.17, 15) is 4.79 Å². The molecule has 1 aromatic carbocycles. The second-order valence-corrected chi connectivity index (χ2v) is 7.88. The summed E-state index contributed by atoms with van der Waals surface area (Å²) in [5.41, 5.74) is 1.80. The third-order valence-electron chi connectivity index (χ3n) is 5.96. The van der Waals surface area contributed by atoms with Crippen molar-refractivity contribution in [2.75, 3.05) is 11.9 Å². The van der Waals surface area contributed by atoms with Crippen molar-refractivity contribution in [1.29, 1.82) is 0 Å². The van der Waals surface area contributed by atoms with Gasteiger partial charge in [0.15, 0.2) is 0 Å². The van der Waals surface area contributed by atoms with E-state index < -0.39 is 0 Å². The van der Waals surface area contributed by atoms with Gasteiger partial charge in [0.25, 0.3) is 0 Å². The Kier molecular flexibility index (Phi) is 5.78. The molecule has 4 rings (SSSR count). The number of furan rings is 1. The van der Waals surface area contributed by atoms with Gasteiger partial charge < -0.3 is 19.8 Å². The van der Waals surface area contributed by atoms with Gasteiger partial charge in [-0.05, 0) is 73.3 Å². The molecule has 2 amide bonds. The van der Waals surface area contributed by atoms with Crippen molar-refractivity contribution in [2.45, 2.75) is 45.3 Å². The summed E-state index contributed by atoms with van der Waals surface area (Å²) in [6.45, 7) is 1.67. The van der Waals surface area contributed by atoms with Crippen molar-refractivity contribution in [2.24, 2.45) is 17.8 Å². The molecule has 144 valence electrons. The molecule has 0 aliphatic heterocycles. The van der Waals surface area contributed by atoms with Crippen LogP contribution < -0.4 is 10.6 Å². The normalized spacial score (nSPS) is 23.5. The lowest BCUT2D eigenvalue weighted by molar-refractivity contribution is 0.0930. The lowest BCUT2D eigenvalue weighted by atomic mass is 9.86. The number of hydrogen-bond donors (Lipinski definition) is 2. The molecular weight excluding hydrogens is 340 g/mol. The molecule has 2 bridgehead atoms. The highest BCUT2D eigenvalue weighted by Crippen LogP contribution is 2.49. The summed E-state index contributed by atoms with van der Waals surface area (Å²) in [7, 11) is 0. The average molecular weight is 368 g/mol. The van der Waals surface area contributed by atoms with Crippen LogP contribution in [-0.4, -0.2) is 12.6 Å². The van der Waals surface area contributed by atoms with Crippen molar-refractivity contribution < 1.29 is 13.9 Å². The van der Waals surface area contributed by atoms with E-state index in [2.05, 4.69) is 10.6 Å². The fourth-order valence-electron chi connectivity index (χ4n) is 4.68. The number of amides is 2. The van der Waals surface area contributed by atoms with Crippen LogP contribution in [-0.2, 0) is 18.0 Å². The number of carbonyl (C=O) groups is 1. The van der Waals surface area contributed by atoms with Crippen molar-refractivity contribution in [3.8, 4) is 0 Å². The van der Waals surface area contributed by atoms with E-state index in [4.69, 9.17) is 9.15 Å². The first kappa shape index (κ1) is 18.1. The van der Waals surface area contributed by atoms with E-state index in [1.807, 2.05) is 36.4 Å². The standard InChI is InChI=1S/C22H28N2O3/c25-22(23-9-8-19-12-16-6-7-18(19)11-16)24-20-4-1-3-17(13-20)14-26-15-21-5-2-10-27-21/h1-5,10,13,16,18-19H,6-9,11-12,14-15H2,(H2,23,24,25)/t16-,18-,19-/m0/s1. The Bertz CT molecular complexity index is 744. The number of anilines is 1. The molecule has 0 saturated heterocycles. The van der Waals surface area contributed by atoms with E-state index in [1.165, 1.54) is 25.7 Å². The summed E-state index contributed by atoms with van der Waals surface area (Å²) < 4.78 is 10.9. The minimum atomic E-state index is -0.133. The van der Waals surface area contributed by atoms with Gasteiger partial charge in [0.1, 0.15) is 12.4 Å². The zero-order chi connectivity index (χ0) is 18.5. The van der Waals surface area contributed by atoms with Crippen LogP contribution >= 0.6 is 0 Å². The van der Waals surface area contributed by atoms with Crippen LogP contribution in [0.25, 0.3) is 0 Å². The molecule has 1 heterocycles. The molecule has 2 N–H and O–H groups in total. The Hall–Kier alpha value is -2.27. The number of benzene rings is 1. The third kappa shape index (κ3) is 4.92. The molecule has 2 aliphatic rings. The lowest BCUT2D eigenvalue weighted by Gasteiger charge is -2.21. The highest BCUT2D eigenvalue weighted by Gasteiger charge is 2.38. The van der Waals surface area contributed by atoms with Gasteiger partial charge >= 0.3 is 6.03 Å². The number of ether oxygens (including phenoxy) is 1. The van der Waals surface area contributed by atoms with E-state index >= 15 is 0 Å². The minimum absolute atomic E-state index is 0.133. The quantitative estimate of drug-likeness (QED) is 0.693. The summed E-state index contributed by atoms with van der Waals surface area (Å²) in [4.78, 5) is 12.2. The van der Waals surface area contributed by atoms with Crippen LogP contribution in [0, 0.1) is 17.8 Å². The SMILES string of the molecule is O=C(NCC[C@H]1C[C@H]2CC[C@H]1C2)Nc1cccc(COCc2ccco2)c1. The Morgan fingerprint density at radius 3 is 2.89 bits per heavy atom. The molecular formula is C22H28N2O3. The van der Waals surface area contributed by atoms with Gasteiger partial charge in [-0.2, -0.15) is 0 Å². The van der Waals surface area contributed by atoms with Gasteiger partial charge in [-0.15, -0.1) is 0 Å². The van der Waals surface area contributed by atoms with Crippen LogP contribution in [0.1, 0.15) is 43.4 Å². The van der Waals surface area contributed by atoms with Gasteiger partial charge in [0.05, 0.1) is 12.9 Å². The maximum absolute atomic E-state index is 12.2. The summed E-state index contributed by atoms with van der Waals surface area (Å²) in [5.74, 6) is 3.50. The average Bonchev–Trinajstić information content (AvgIpc) is 3.40. The summed E-state index contributed by atoms with van der Waals surface area (Å²) in [6.07, 6.45) is 8.36. The molecule has 0 unspecified atom stereocenters. The first-order valence-corrected chi connectivity index (χ1v) is 10.00. The highest BCUT2D eigenvalue weighted by molar-refractivity contribution is 5.89. The molecule has 2 fully saturated rings. The topological polar surface area (TPSA) is 63.5 Å². The first-order chi connectivity index (χ1) is 13.3. The fraction of sp³-hybridized carbons (Fsp3) is 0.500. The molecule has 5 heteroatoms. The Labute approximate surface area is 160 Å². The van der Waals surface area contributed by atoms with Gasteiger partial charge in [-0.25, -0.2) is 4.79 Å². The maximum atomic E-state index is 12.2. The monoisotopic (exact) mass is 368 g/mol. The molecule has 5 nitrogen and oxygen atoms in total. The van der Waals surface area contributed by atoms with E-state index in [-0.39, 0.29) is 6.03 Å². The molecule has 3 atom stereocenters. The number of hydrogen-bond acceptors (Lipinski definition) is 3. The second kappa shape index (κ2) is 8.61.